The summed E-state index contributed by atoms with van der Waals surface area (Å²) in [4.78, 5) is 19.4. The Morgan fingerprint density at radius 1 is 1.28 bits per heavy atom. The number of aromatic nitrogens is 4. The molecule has 154 valence electrons. The number of pyridine rings is 1. The Bertz CT molecular complexity index is 1030. The van der Waals surface area contributed by atoms with Gasteiger partial charge in [0.15, 0.2) is 5.69 Å². The summed E-state index contributed by atoms with van der Waals surface area (Å²) in [6.07, 6.45) is -0.0684. The summed E-state index contributed by atoms with van der Waals surface area (Å²) < 4.78 is 46.8. The number of nitrogens with zero attached hydrogens (tertiary/aromatic N) is 5. The fraction of sp³-hybridized carbons (Fsp3) is 0.421. The first-order chi connectivity index (χ1) is 13.9. The number of carbonyl (C=O) groups excluding carboxylic acids is 1. The molecule has 3 aromatic rings. The van der Waals surface area contributed by atoms with E-state index in [4.69, 9.17) is 4.74 Å². The van der Waals surface area contributed by atoms with Crippen LogP contribution in [-0.4, -0.2) is 50.2 Å². The molecule has 1 aliphatic rings. The number of ether oxygens (including phenoxy) is 1. The first-order valence-corrected chi connectivity index (χ1v) is 9.25. The van der Waals surface area contributed by atoms with Crippen LogP contribution in [0.2, 0.25) is 0 Å². The minimum atomic E-state index is -4.49. The third-order valence-electron chi connectivity index (χ3n) is 5.04. The molecule has 0 bridgehead atoms. The quantitative estimate of drug-likeness (QED) is 0.667. The maximum Gasteiger partial charge on any atom is 0.435 e. The molecule has 1 saturated heterocycles. The molecule has 4 heterocycles. The fourth-order valence-corrected chi connectivity index (χ4v) is 3.71. The van der Waals surface area contributed by atoms with Gasteiger partial charge in [0.2, 0.25) is 0 Å². The van der Waals surface area contributed by atoms with E-state index in [9.17, 15) is 18.0 Å². The largest absolute Gasteiger partial charge is 0.435 e. The molecule has 3 aromatic heterocycles. The standard InChI is InChI=1S/C19H20F3N5O2/c1-29-12-14-17(26-9-3-2-6-16(26)23-14)18(28)25-8-4-5-13(11-25)27-10-7-15(24-27)19(20,21)22/h2-3,6-7,9-10,13H,4-5,8,11-12H2,1H3. The molecule has 1 aliphatic heterocycles. The van der Waals surface area contributed by atoms with Gasteiger partial charge < -0.3 is 9.64 Å². The van der Waals surface area contributed by atoms with E-state index < -0.39 is 11.9 Å². The van der Waals surface area contributed by atoms with Crippen molar-refractivity contribution in [1.82, 2.24) is 24.1 Å². The highest BCUT2D eigenvalue weighted by Crippen LogP contribution is 2.30. The van der Waals surface area contributed by atoms with Crippen LogP contribution in [0.25, 0.3) is 5.65 Å². The maximum absolute atomic E-state index is 13.3. The number of hydrogen-bond donors (Lipinski definition) is 0. The molecular weight excluding hydrogens is 387 g/mol. The van der Waals surface area contributed by atoms with Crippen LogP contribution in [0.1, 0.15) is 40.8 Å². The molecule has 4 rings (SSSR count). The Balaban J connectivity index is 1.60. The van der Waals surface area contributed by atoms with Crippen LogP contribution in [-0.2, 0) is 17.5 Å². The highest BCUT2D eigenvalue weighted by atomic mass is 19.4. The highest BCUT2D eigenvalue weighted by molar-refractivity contribution is 5.94. The summed E-state index contributed by atoms with van der Waals surface area (Å²) >= 11 is 0. The normalized spacial score (nSPS) is 17.8. The van der Waals surface area contributed by atoms with Crippen LogP contribution in [0.3, 0.4) is 0 Å². The minimum absolute atomic E-state index is 0.189. The van der Waals surface area contributed by atoms with Gasteiger partial charge in [-0.1, -0.05) is 6.07 Å². The summed E-state index contributed by atoms with van der Waals surface area (Å²) in [6.45, 7) is 0.994. The number of fused-ring (bicyclic) bond motifs is 1. The number of halogens is 3. The van der Waals surface area contributed by atoms with Crippen LogP contribution in [0.4, 0.5) is 13.2 Å². The van der Waals surface area contributed by atoms with Crippen LogP contribution >= 0.6 is 0 Å². The van der Waals surface area contributed by atoms with Crippen molar-refractivity contribution in [1.29, 1.82) is 0 Å². The molecule has 1 unspecified atom stereocenters. The van der Waals surface area contributed by atoms with Crippen LogP contribution in [0, 0.1) is 0 Å². The van der Waals surface area contributed by atoms with Crippen molar-refractivity contribution in [2.24, 2.45) is 0 Å². The van der Waals surface area contributed by atoms with Crippen LogP contribution < -0.4 is 0 Å². The number of methoxy groups -OCH3 is 1. The number of piperidine rings is 1. The third-order valence-corrected chi connectivity index (χ3v) is 5.04. The average Bonchev–Trinajstić information content (AvgIpc) is 3.33. The molecule has 0 aliphatic carbocycles. The number of hydrogen-bond acceptors (Lipinski definition) is 4. The zero-order valence-corrected chi connectivity index (χ0v) is 15.8. The second-order valence-corrected chi connectivity index (χ2v) is 6.99. The number of carbonyl (C=O) groups is 1. The van der Waals surface area contributed by atoms with Gasteiger partial charge in [-0.05, 0) is 31.0 Å². The smallest absolute Gasteiger partial charge is 0.378 e. The average molecular weight is 407 g/mol. The highest BCUT2D eigenvalue weighted by Gasteiger charge is 2.35. The summed E-state index contributed by atoms with van der Waals surface area (Å²) in [5.74, 6) is -0.219. The van der Waals surface area contributed by atoms with Crippen LogP contribution in [0.15, 0.2) is 36.7 Å². The van der Waals surface area contributed by atoms with E-state index >= 15 is 0 Å². The predicted molar refractivity (Wildman–Crippen MR) is 97.3 cm³/mol. The fourth-order valence-electron chi connectivity index (χ4n) is 3.71. The third kappa shape index (κ3) is 3.71. The predicted octanol–water partition coefficient (Wildman–Crippen LogP) is 3.17. The number of imidazole rings is 1. The Labute approximate surface area is 164 Å². The molecule has 7 nitrogen and oxygen atoms in total. The van der Waals surface area contributed by atoms with E-state index in [0.717, 1.165) is 6.07 Å². The molecule has 29 heavy (non-hydrogen) atoms. The van der Waals surface area contributed by atoms with E-state index in [2.05, 4.69) is 10.1 Å². The van der Waals surface area contributed by atoms with Gasteiger partial charge in [-0.25, -0.2) is 4.98 Å². The first-order valence-electron chi connectivity index (χ1n) is 9.25. The van der Waals surface area contributed by atoms with Crippen LogP contribution in [0.5, 0.6) is 0 Å². The Kier molecular flexibility index (Phi) is 5.03. The van der Waals surface area contributed by atoms with Crippen molar-refractivity contribution >= 4 is 11.6 Å². The lowest BCUT2D eigenvalue weighted by Crippen LogP contribution is -2.41. The van der Waals surface area contributed by atoms with Crippen molar-refractivity contribution in [2.75, 3.05) is 20.2 Å². The van der Waals surface area contributed by atoms with E-state index in [0.29, 0.717) is 36.4 Å². The van der Waals surface area contributed by atoms with E-state index in [1.165, 1.54) is 18.0 Å². The van der Waals surface area contributed by atoms with Gasteiger partial charge in [0.05, 0.1) is 18.3 Å². The van der Waals surface area contributed by atoms with Gasteiger partial charge in [-0.3, -0.25) is 13.9 Å². The summed E-state index contributed by atoms with van der Waals surface area (Å²) in [6, 6.07) is 6.09. The van der Waals surface area contributed by atoms with Gasteiger partial charge >= 0.3 is 6.18 Å². The van der Waals surface area contributed by atoms with Crippen molar-refractivity contribution < 1.29 is 22.7 Å². The molecule has 1 amide bonds. The monoisotopic (exact) mass is 407 g/mol. The van der Waals surface area contributed by atoms with E-state index in [-0.39, 0.29) is 25.1 Å². The lowest BCUT2D eigenvalue weighted by molar-refractivity contribution is -0.141. The minimum Gasteiger partial charge on any atom is -0.378 e. The lowest BCUT2D eigenvalue weighted by atomic mass is 10.1. The molecule has 1 atom stereocenters. The lowest BCUT2D eigenvalue weighted by Gasteiger charge is -2.33. The second-order valence-electron chi connectivity index (χ2n) is 6.99. The van der Waals surface area contributed by atoms with Gasteiger partial charge in [0, 0.05) is 32.6 Å². The second kappa shape index (κ2) is 7.51. The Morgan fingerprint density at radius 2 is 2.10 bits per heavy atom. The Morgan fingerprint density at radius 3 is 2.83 bits per heavy atom. The SMILES string of the molecule is COCc1nc2ccccn2c1C(=O)N1CCCC(n2ccc(C(F)(F)F)n2)C1. The topological polar surface area (TPSA) is 64.7 Å². The Hall–Kier alpha value is -2.88. The van der Waals surface area contributed by atoms with Crippen molar-refractivity contribution in [2.45, 2.75) is 31.7 Å². The van der Waals surface area contributed by atoms with Gasteiger partial charge in [0.1, 0.15) is 11.3 Å². The molecule has 10 heteroatoms. The van der Waals surface area contributed by atoms with Gasteiger partial charge in [0.25, 0.3) is 5.91 Å². The number of amides is 1. The number of alkyl halides is 3. The summed E-state index contributed by atoms with van der Waals surface area (Å²) in [7, 11) is 1.53. The molecule has 0 spiro atoms. The summed E-state index contributed by atoms with van der Waals surface area (Å²) in [5.41, 5.74) is 0.660. The zero-order valence-electron chi connectivity index (χ0n) is 15.8. The van der Waals surface area contributed by atoms with E-state index in [1.54, 1.807) is 21.6 Å². The molecule has 1 fully saturated rings. The molecule has 0 radical (unpaired) electrons. The van der Waals surface area contributed by atoms with Crippen molar-refractivity contribution in [3.63, 3.8) is 0 Å². The molecule has 0 saturated carbocycles. The maximum atomic E-state index is 13.3. The van der Waals surface area contributed by atoms with E-state index in [1.807, 2.05) is 12.1 Å². The zero-order chi connectivity index (χ0) is 20.6. The number of likely N-dealkylation sites (tertiary alicyclic amines) is 1. The number of rotatable bonds is 4. The molecule has 0 N–H and O–H groups in total. The van der Waals surface area contributed by atoms with Crippen molar-refractivity contribution in [3.8, 4) is 0 Å². The van der Waals surface area contributed by atoms with Gasteiger partial charge in [-0.2, -0.15) is 18.3 Å². The first kappa shape index (κ1) is 19.4. The molecular formula is C19H20F3N5O2. The van der Waals surface area contributed by atoms with Crippen molar-refractivity contribution in [3.05, 3.63) is 53.7 Å². The van der Waals surface area contributed by atoms with Gasteiger partial charge in [-0.15, -0.1) is 0 Å². The molecule has 0 aromatic carbocycles. The summed E-state index contributed by atoms with van der Waals surface area (Å²) in [5, 5.41) is 3.67.